The summed E-state index contributed by atoms with van der Waals surface area (Å²) >= 11 is 0. The minimum absolute atomic E-state index is 0.0689. The van der Waals surface area contributed by atoms with Gasteiger partial charge in [-0.05, 0) is 69.5 Å². The molecule has 3 aromatic rings. The number of carbonyl (C=O) groups is 3. The van der Waals surface area contributed by atoms with Crippen LogP contribution in [0.4, 0.5) is 0 Å². The Hall–Kier alpha value is -4.48. The largest absolute Gasteiger partial charge is 0.478 e. The fraction of sp³-hybridized carbons (Fsp3) is 0.389. The van der Waals surface area contributed by atoms with Crippen LogP contribution in [0.2, 0.25) is 0 Å². The first-order valence-corrected chi connectivity index (χ1v) is 14.7. The van der Waals surface area contributed by atoms with Gasteiger partial charge in [0.15, 0.2) is 0 Å². The lowest BCUT2D eigenvalue weighted by Crippen LogP contribution is -2.18. The summed E-state index contributed by atoms with van der Waals surface area (Å²) in [4.78, 5) is 32.3. The van der Waals surface area contributed by atoms with Crippen LogP contribution in [-0.4, -0.2) is 47.4 Å². The van der Waals surface area contributed by atoms with Crippen molar-refractivity contribution in [2.24, 2.45) is 5.92 Å². The number of rotatable bonds is 5. The van der Waals surface area contributed by atoms with Crippen molar-refractivity contribution < 1.29 is 34.1 Å². The number of hydrogen-bond acceptors (Lipinski definition) is 6. The summed E-state index contributed by atoms with van der Waals surface area (Å²) < 4.78 is 10.7. The Morgan fingerprint density at radius 2 is 1.07 bits per heavy atom. The van der Waals surface area contributed by atoms with Crippen molar-refractivity contribution in [2.75, 3.05) is 13.2 Å². The van der Waals surface area contributed by atoms with E-state index in [0.717, 1.165) is 29.7 Å². The molecular weight excluding hydrogens is 558 g/mol. The number of carboxylic acid groups (broad SMARTS) is 2. The van der Waals surface area contributed by atoms with Crippen LogP contribution >= 0.6 is 0 Å². The molecule has 2 N–H and O–H groups in total. The summed E-state index contributed by atoms with van der Waals surface area (Å²) in [5.74, 6) is -1.45. The average molecular weight is 608 g/mol. The molecule has 3 aromatic carbocycles. The van der Waals surface area contributed by atoms with Crippen LogP contribution in [0.1, 0.15) is 95.7 Å². The van der Waals surface area contributed by atoms with Gasteiger partial charge >= 0.3 is 17.9 Å². The third-order valence-electron chi connectivity index (χ3n) is 5.57. The van der Waals surface area contributed by atoms with Crippen molar-refractivity contribution in [2.45, 2.75) is 74.8 Å². The quantitative estimate of drug-likeness (QED) is 0.276. The highest BCUT2D eigenvalue weighted by atomic mass is 16.6. The zero-order valence-corrected chi connectivity index (χ0v) is 27.6. The van der Waals surface area contributed by atoms with E-state index < -0.39 is 11.9 Å². The lowest BCUT2D eigenvalue weighted by atomic mass is 10.1. The van der Waals surface area contributed by atoms with E-state index in [0.29, 0.717) is 29.2 Å². The molecule has 8 nitrogen and oxygen atoms in total. The lowest BCUT2D eigenvalue weighted by molar-refractivity contribution is 0.0158. The maximum Gasteiger partial charge on any atom is 0.338 e. The number of esters is 1. The predicted molar refractivity (Wildman–Crippen MR) is 175 cm³/mol. The number of hydrogen-bond donors (Lipinski definition) is 2. The van der Waals surface area contributed by atoms with E-state index in [4.69, 9.17) is 24.9 Å². The number of nitrogens with zero attached hydrogens (tertiary/aromatic N) is 1. The van der Waals surface area contributed by atoms with Crippen molar-refractivity contribution in [1.29, 1.82) is 5.26 Å². The van der Waals surface area contributed by atoms with Crippen LogP contribution in [-0.2, 0) is 9.47 Å². The molecule has 0 spiro atoms. The normalized spacial score (nSPS) is 13.8. The molecule has 44 heavy (non-hydrogen) atoms. The third-order valence-corrected chi connectivity index (χ3v) is 5.57. The fourth-order valence-corrected chi connectivity index (χ4v) is 3.34. The second-order valence-electron chi connectivity index (χ2n) is 9.33. The van der Waals surface area contributed by atoms with Gasteiger partial charge in [0.05, 0.1) is 28.9 Å². The zero-order valence-electron chi connectivity index (χ0n) is 27.6. The monoisotopic (exact) mass is 607 g/mol. The molecule has 0 aliphatic carbocycles. The van der Waals surface area contributed by atoms with E-state index in [1.165, 1.54) is 6.92 Å². The van der Waals surface area contributed by atoms with Gasteiger partial charge in [0, 0.05) is 13.5 Å². The van der Waals surface area contributed by atoms with Gasteiger partial charge in [0.25, 0.3) is 0 Å². The Balaban J connectivity index is 0. The standard InChI is InChI=1S/C14H18O3.2C8H8O2.C2H3N.2C2H6/c1-10-3-5-12(6-4-10)14(15)17-9-13-7-11(2)8-16-13;2*1-6-2-4-7(5-3-6)8(9)10;1-2-3;2*1-2/h3-6,11,13H,7-9H2,1-2H3;2*2-5H,1H3,(H,9,10);1H3;2*1-2H3/t11?,13-;;;;;/m0...../s1. The molecule has 1 unspecified atom stereocenters. The molecule has 240 valence electrons. The minimum atomic E-state index is -0.875. The first-order chi connectivity index (χ1) is 21.0. The van der Waals surface area contributed by atoms with Crippen molar-refractivity contribution in [3.8, 4) is 6.07 Å². The van der Waals surface area contributed by atoms with Crippen molar-refractivity contribution in [3.63, 3.8) is 0 Å². The molecule has 1 aliphatic heterocycles. The van der Waals surface area contributed by atoms with Gasteiger partial charge in [-0.2, -0.15) is 5.26 Å². The van der Waals surface area contributed by atoms with Crippen molar-refractivity contribution in [3.05, 3.63) is 106 Å². The molecule has 8 heteroatoms. The van der Waals surface area contributed by atoms with Gasteiger partial charge in [-0.1, -0.05) is 87.7 Å². The zero-order chi connectivity index (χ0) is 34.1. The predicted octanol–water partition coefficient (Wildman–Crippen LogP) is 8.55. The molecule has 4 rings (SSSR count). The van der Waals surface area contributed by atoms with Crippen molar-refractivity contribution >= 4 is 17.9 Å². The highest BCUT2D eigenvalue weighted by molar-refractivity contribution is 5.89. The second kappa shape index (κ2) is 25.1. The molecule has 0 saturated carbocycles. The van der Waals surface area contributed by atoms with Gasteiger partial charge in [-0.15, -0.1) is 0 Å². The molecule has 1 heterocycles. The van der Waals surface area contributed by atoms with Crippen LogP contribution in [0.25, 0.3) is 0 Å². The van der Waals surface area contributed by atoms with E-state index >= 15 is 0 Å². The van der Waals surface area contributed by atoms with Crippen LogP contribution in [0.15, 0.2) is 72.8 Å². The van der Waals surface area contributed by atoms with Crippen LogP contribution in [0.3, 0.4) is 0 Å². The number of benzene rings is 3. The molecule has 0 bridgehead atoms. The third kappa shape index (κ3) is 18.9. The lowest BCUT2D eigenvalue weighted by Gasteiger charge is -2.10. The SMILES string of the molecule is CC.CC.CC#N.Cc1ccc(C(=O)O)cc1.Cc1ccc(C(=O)O)cc1.Cc1ccc(C(=O)OC[C@@H]2CC(C)CO2)cc1. The van der Waals surface area contributed by atoms with Gasteiger partial charge in [-0.25, -0.2) is 14.4 Å². The Bertz CT molecular complexity index is 1190. The number of carbonyl (C=O) groups excluding carboxylic acids is 1. The van der Waals surface area contributed by atoms with E-state index in [1.54, 1.807) is 66.7 Å². The Labute approximate surface area is 263 Å². The topological polar surface area (TPSA) is 134 Å². The summed E-state index contributed by atoms with van der Waals surface area (Å²) in [6, 6.07) is 22.6. The molecule has 2 atom stereocenters. The van der Waals surface area contributed by atoms with E-state index in [2.05, 4.69) is 6.92 Å². The summed E-state index contributed by atoms with van der Waals surface area (Å²) in [6.45, 7) is 18.5. The van der Waals surface area contributed by atoms with Gasteiger partial charge in [0.1, 0.15) is 6.61 Å². The maximum absolute atomic E-state index is 11.7. The van der Waals surface area contributed by atoms with E-state index in [1.807, 2.05) is 60.6 Å². The Morgan fingerprint density at radius 3 is 1.34 bits per heavy atom. The van der Waals surface area contributed by atoms with Gasteiger partial charge in [0.2, 0.25) is 0 Å². The summed E-state index contributed by atoms with van der Waals surface area (Å²) in [7, 11) is 0. The molecule has 1 fully saturated rings. The number of carboxylic acids is 2. The highest BCUT2D eigenvalue weighted by Gasteiger charge is 2.23. The van der Waals surface area contributed by atoms with E-state index in [-0.39, 0.29) is 12.1 Å². The van der Waals surface area contributed by atoms with E-state index in [9.17, 15) is 14.4 Å². The second-order valence-corrected chi connectivity index (χ2v) is 9.33. The van der Waals surface area contributed by atoms with Crippen LogP contribution in [0, 0.1) is 38.0 Å². The summed E-state index contributed by atoms with van der Waals surface area (Å²) in [6.07, 6.45) is 1.04. The molecule has 0 aromatic heterocycles. The summed E-state index contributed by atoms with van der Waals surface area (Å²) in [5.41, 5.74) is 4.56. The number of nitriles is 1. The molecular formula is C36H49NO7. The Kier molecular flexibility index (Phi) is 23.7. The molecule has 1 saturated heterocycles. The molecule has 0 radical (unpaired) electrons. The van der Waals surface area contributed by atoms with Gasteiger partial charge in [-0.3, -0.25) is 0 Å². The highest BCUT2D eigenvalue weighted by Crippen LogP contribution is 2.19. The first-order valence-electron chi connectivity index (χ1n) is 14.7. The average Bonchev–Trinajstić information content (AvgIpc) is 3.44. The van der Waals surface area contributed by atoms with Gasteiger partial charge < -0.3 is 19.7 Å². The Morgan fingerprint density at radius 1 is 0.750 bits per heavy atom. The minimum Gasteiger partial charge on any atom is -0.478 e. The molecule has 0 amide bonds. The number of aromatic carboxylic acids is 2. The number of ether oxygens (including phenoxy) is 2. The smallest absolute Gasteiger partial charge is 0.338 e. The van der Waals surface area contributed by atoms with Crippen LogP contribution < -0.4 is 0 Å². The maximum atomic E-state index is 11.7. The molecule has 1 aliphatic rings. The van der Waals surface area contributed by atoms with Crippen LogP contribution in [0.5, 0.6) is 0 Å². The fourth-order valence-electron chi connectivity index (χ4n) is 3.34. The first kappa shape index (κ1) is 41.7. The summed E-state index contributed by atoms with van der Waals surface area (Å²) in [5, 5.41) is 24.3. The number of aryl methyl sites for hydroxylation is 3. The van der Waals surface area contributed by atoms with Crippen molar-refractivity contribution in [1.82, 2.24) is 0 Å².